The number of ether oxygens (including phenoxy) is 1. The van der Waals surface area contributed by atoms with Gasteiger partial charge in [0.25, 0.3) is 5.91 Å². The minimum atomic E-state index is -0.192. The van der Waals surface area contributed by atoms with E-state index >= 15 is 0 Å². The fourth-order valence-corrected chi connectivity index (χ4v) is 3.23. The van der Waals surface area contributed by atoms with E-state index in [1.54, 1.807) is 41.3 Å². The highest BCUT2D eigenvalue weighted by atomic mass is 35.5. The third-order valence-electron chi connectivity index (χ3n) is 4.84. The summed E-state index contributed by atoms with van der Waals surface area (Å²) < 4.78 is 7.53. The van der Waals surface area contributed by atoms with Crippen molar-refractivity contribution in [2.24, 2.45) is 0 Å². The van der Waals surface area contributed by atoms with Gasteiger partial charge in [-0.25, -0.2) is 4.68 Å². The van der Waals surface area contributed by atoms with Gasteiger partial charge in [-0.15, -0.1) is 0 Å². The summed E-state index contributed by atoms with van der Waals surface area (Å²) in [5.41, 5.74) is 4.81. The minimum Gasteiger partial charge on any atom is -0.489 e. The molecule has 4 rings (SSSR count). The number of hydrogen-bond donors (Lipinski definition) is 1. The van der Waals surface area contributed by atoms with Gasteiger partial charge in [0.15, 0.2) is 0 Å². The van der Waals surface area contributed by atoms with E-state index in [4.69, 9.17) is 16.3 Å². The van der Waals surface area contributed by atoms with Gasteiger partial charge >= 0.3 is 0 Å². The summed E-state index contributed by atoms with van der Waals surface area (Å²) in [6.45, 7) is 4.24. The van der Waals surface area contributed by atoms with E-state index in [0.29, 0.717) is 28.6 Å². The number of carbonyl (C=O) groups is 1. The molecule has 0 atom stereocenters. The van der Waals surface area contributed by atoms with Crippen molar-refractivity contribution in [2.45, 2.75) is 20.5 Å². The van der Waals surface area contributed by atoms with Crippen LogP contribution in [0.4, 0.5) is 5.69 Å². The van der Waals surface area contributed by atoms with Crippen LogP contribution in [0.5, 0.6) is 5.75 Å². The second-order valence-corrected chi connectivity index (χ2v) is 7.44. The lowest BCUT2D eigenvalue weighted by atomic mass is 10.2. The lowest BCUT2D eigenvalue weighted by Gasteiger charge is -2.09. The molecule has 31 heavy (non-hydrogen) atoms. The van der Waals surface area contributed by atoms with Gasteiger partial charge in [-0.1, -0.05) is 11.6 Å². The molecule has 0 radical (unpaired) electrons. The largest absolute Gasteiger partial charge is 0.489 e. The molecule has 1 amide bonds. The van der Waals surface area contributed by atoms with E-state index in [1.165, 1.54) is 0 Å². The Labute approximate surface area is 185 Å². The first-order chi connectivity index (χ1) is 15.0. The first-order valence-corrected chi connectivity index (χ1v) is 10.1. The predicted octanol–water partition coefficient (Wildman–Crippen LogP) is 5.37. The van der Waals surface area contributed by atoms with Crippen LogP contribution >= 0.6 is 11.6 Å². The Morgan fingerprint density at radius 1 is 1.00 bits per heavy atom. The molecule has 7 heteroatoms. The monoisotopic (exact) mass is 432 g/mol. The van der Waals surface area contributed by atoms with Crippen LogP contribution in [-0.2, 0) is 6.61 Å². The number of aryl methyl sites for hydroxylation is 1. The van der Waals surface area contributed by atoms with Gasteiger partial charge < -0.3 is 10.1 Å². The Bertz CT molecular complexity index is 1190. The summed E-state index contributed by atoms with van der Waals surface area (Å²) in [7, 11) is 0. The summed E-state index contributed by atoms with van der Waals surface area (Å²) in [5.74, 6) is 0.504. The number of pyridine rings is 1. The Kier molecular flexibility index (Phi) is 6.00. The predicted molar refractivity (Wildman–Crippen MR) is 121 cm³/mol. The van der Waals surface area contributed by atoms with Gasteiger partial charge in [0, 0.05) is 23.6 Å². The van der Waals surface area contributed by atoms with Crippen LogP contribution in [0, 0.1) is 13.8 Å². The maximum Gasteiger partial charge on any atom is 0.255 e. The zero-order chi connectivity index (χ0) is 21.8. The fourth-order valence-electron chi connectivity index (χ4n) is 3.11. The zero-order valence-electron chi connectivity index (χ0n) is 17.2. The smallest absolute Gasteiger partial charge is 0.255 e. The zero-order valence-corrected chi connectivity index (χ0v) is 17.9. The molecular weight excluding hydrogens is 412 g/mol. The van der Waals surface area contributed by atoms with Crippen LogP contribution in [-0.4, -0.2) is 20.7 Å². The minimum absolute atomic E-state index is 0.192. The molecule has 1 N–H and O–H groups in total. The number of benzene rings is 2. The summed E-state index contributed by atoms with van der Waals surface area (Å²) >= 11 is 6.23. The molecule has 0 aliphatic carbocycles. The molecule has 0 saturated heterocycles. The summed E-state index contributed by atoms with van der Waals surface area (Å²) in [6.07, 6.45) is 3.45. The molecule has 156 valence electrons. The van der Waals surface area contributed by atoms with Crippen LogP contribution in [0.15, 0.2) is 73.1 Å². The molecule has 0 aliphatic rings. The van der Waals surface area contributed by atoms with Crippen LogP contribution in [0.25, 0.3) is 5.69 Å². The van der Waals surface area contributed by atoms with Gasteiger partial charge in [-0.2, -0.15) is 5.10 Å². The lowest BCUT2D eigenvalue weighted by molar-refractivity contribution is 0.102. The van der Waals surface area contributed by atoms with Crippen LogP contribution in [0.2, 0.25) is 5.02 Å². The van der Waals surface area contributed by atoms with Crippen molar-refractivity contribution in [3.05, 3.63) is 101 Å². The number of amides is 1. The Hall–Kier alpha value is -3.64. The second-order valence-electron chi connectivity index (χ2n) is 7.07. The van der Waals surface area contributed by atoms with Crippen LogP contribution in [0.3, 0.4) is 0 Å². The highest BCUT2D eigenvalue weighted by Gasteiger charge is 2.11. The number of carbonyl (C=O) groups excluding carboxylic acids is 1. The van der Waals surface area contributed by atoms with E-state index in [2.05, 4.69) is 15.4 Å². The highest BCUT2D eigenvalue weighted by Crippen LogP contribution is 2.23. The van der Waals surface area contributed by atoms with E-state index in [-0.39, 0.29) is 5.91 Å². The van der Waals surface area contributed by atoms with E-state index < -0.39 is 0 Å². The topological polar surface area (TPSA) is 69.0 Å². The molecule has 2 aromatic carbocycles. The van der Waals surface area contributed by atoms with Gasteiger partial charge in [0.1, 0.15) is 12.4 Å². The van der Waals surface area contributed by atoms with Gasteiger partial charge in [0.05, 0.1) is 22.1 Å². The standard InChI is InChI=1S/C24H21ClN4O2/c1-16-23(25)17(2)29(28-16)21-7-5-20(6-8-21)27-24(30)19-3-9-22(10-4-19)31-15-18-11-13-26-14-12-18/h3-14H,15H2,1-2H3,(H,27,30). The number of aromatic nitrogens is 3. The molecule has 0 fully saturated rings. The van der Waals surface area contributed by atoms with Crippen molar-refractivity contribution in [1.29, 1.82) is 0 Å². The number of hydrogen-bond acceptors (Lipinski definition) is 4. The number of halogens is 1. The Morgan fingerprint density at radius 2 is 1.68 bits per heavy atom. The SMILES string of the molecule is Cc1nn(-c2ccc(NC(=O)c3ccc(OCc4ccncc4)cc3)cc2)c(C)c1Cl. The molecule has 0 aliphatic heterocycles. The van der Waals surface area contributed by atoms with Crippen LogP contribution in [0.1, 0.15) is 27.3 Å². The molecule has 0 saturated carbocycles. The first kappa shape index (κ1) is 20.6. The molecule has 2 aromatic heterocycles. The molecule has 2 heterocycles. The third kappa shape index (κ3) is 4.75. The van der Waals surface area contributed by atoms with Crippen molar-refractivity contribution in [3.63, 3.8) is 0 Å². The molecule has 0 bridgehead atoms. The quantitative estimate of drug-likeness (QED) is 0.444. The number of anilines is 1. The summed E-state index contributed by atoms with van der Waals surface area (Å²) in [5, 5.41) is 8.00. The summed E-state index contributed by atoms with van der Waals surface area (Å²) in [6, 6.07) is 18.3. The average molecular weight is 433 g/mol. The molecule has 4 aromatic rings. The molecular formula is C24H21ClN4O2. The van der Waals surface area contributed by atoms with E-state index in [9.17, 15) is 4.79 Å². The first-order valence-electron chi connectivity index (χ1n) is 9.76. The maximum atomic E-state index is 12.6. The Morgan fingerprint density at radius 3 is 2.29 bits per heavy atom. The third-order valence-corrected chi connectivity index (χ3v) is 5.39. The Balaban J connectivity index is 1.38. The van der Waals surface area contributed by atoms with Gasteiger partial charge in [0.2, 0.25) is 0 Å². The van der Waals surface area contributed by atoms with Crippen molar-refractivity contribution >= 4 is 23.2 Å². The van der Waals surface area contributed by atoms with Gasteiger partial charge in [-0.05, 0) is 80.1 Å². The number of rotatable bonds is 6. The summed E-state index contributed by atoms with van der Waals surface area (Å²) in [4.78, 5) is 16.6. The molecule has 0 spiro atoms. The number of nitrogens with zero attached hydrogens (tertiary/aromatic N) is 3. The lowest BCUT2D eigenvalue weighted by Crippen LogP contribution is -2.12. The normalized spacial score (nSPS) is 10.7. The van der Waals surface area contributed by atoms with Crippen molar-refractivity contribution in [3.8, 4) is 11.4 Å². The second kappa shape index (κ2) is 9.02. The van der Waals surface area contributed by atoms with Crippen molar-refractivity contribution in [1.82, 2.24) is 14.8 Å². The van der Waals surface area contributed by atoms with Crippen molar-refractivity contribution in [2.75, 3.05) is 5.32 Å². The fraction of sp³-hybridized carbons (Fsp3) is 0.125. The van der Waals surface area contributed by atoms with Crippen LogP contribution < -0.4 is 10.1 Å². The maximum absolute atomic E-state index is 12.6. The van der Waals surface area contributed by atoms with Gasteiger partial charge in [-0.3, -0.25) is 9.78 Å². The van der Waals surface area contributed by atoms with E-state index in [1.807, 2.05) is 50.2 Å². The van der Waals surface area contributed by atoms with Crippen molar-refractivity contribution < 1.29 is 9.53 Å². The molecule has 0 unspecified atom stereocenters. The number of nitrogens with one attached hydrogen (secondary N) is 1. The highest BCUT2D eigenvalue weighted by molar-refractivity contribution is 6.31. The average Bonchev–Trinajstić information content (AvgIpc) is 3.06. The van der Waals surface area contributed by atoms with E-state index in [0.717, 1.165) is 22.6 Å². The molecule has 6 nitrogen and oxygen atoms in total.